The number of anilines is 2. The molecule has 0 saturated carbocycles. The normalized spacial score (nSPS) is 15.0. The Hall–Kier alpha value is -2.84. The molecule has 0 radical (unpaired) electrons. The van der Waals surface area contributed by atoms with Crippen molar-refractivity contribution in [2.45, 2.75) is 18.9 Å². The Morgan fingerprint density at radius 1 is 1.12 bits per heavy atom. The van der Waals surface area contributed by atoms with Gasteiger partial charge in [-0.1, -0.05) is 11.6 Å². The number of benzene rings is 1. The summed E-state index contributed by atoms with van der Waals surface area (Å²) in [6, 6.07) is 14.1. The Labute approximate surface area is 157 Å². The summed E-state index contributed by atoms with van der Waals surface area (Å²) in [6.07, 6.45) is 5.50. The summed E-state index contributed by atoms with van der Waals surface area (Å²) in [7, 11) is 0. The van der Waals surface area contributed by atoms with Gasteiger partial charge in [0.1, 0.15) is 11.9 Å². The summed E-state index contributed by atoms with van der Waals surface area (Å²) in [5.74, 6) is 0.937. The lowest BCUT2D eigenvalue weighted by molar-refractivity contribution is 0.524. The number of piperidine rings is 1. The summed E-state index contributed by atoms with van der Waals surface area (Å²) >= 11 is 6.07. The number of nitrogens with one attached hydrogen (secondary N) is 1. The molecule has 0 amide bonds. The maximum atomic E-state index is 8.88. The second-order valence-corrected chi connectivity index (χ2v) is 6.88. The lowest BCUT2D eigenvalue weighted by Crippen LogP contribution is -2.39. The fourth-order valence-electron chi connectivity index (χ4n) is 3.36. The van der Waals surface area contributed by atoms with Crippen LogP contribution in [0, 0.1) is 11.3 Å². The number of rotatable bonds is 3. The predicted molar refractivity (Wildman–Crippen MR) is 105 cm³/mol. The molecular formula is C20H18ClN5. The predicted octanol–water partition coefficient (Wildman–Crippen LogP) is 4.24. The van der Waals surface area contributed by atoms with Crippen molar-refractivity contribution in [3.05, 3.63) is 59.4 Å². The van der Waals surface area contributed by atoms with Gasteiger partial charge in [0, 0.05) is 47.6 Å². The maximum absolute atomic E-state index is 8.88. The molecule has 0 bridgehead atoms. The van der Waals surface area contributed by atoms with Gasteiger partial charge in [0.25, 0.3) is 0 Å². The molecule has 1 saturated heterocycles. The van der Waals surface area contributed by atoms with Crippen molar-refractivity contribution < 1.29 is 0 Å². The van der Waals surface area contributed by atoms with Gasteiger partial charge in [-0.05, 0) is 49.2 Å². The van der Waals surface area contributed by atoms with E-state index in [1.807, 2.05) is 42.6 Å². The minimum Gasteiger partial charge on any atom is -0.382 e. The topological polar surface area (TPSA) is 64.8 Å². The molecule has 3 heterocycles. The van der Waals surface area contributed by atoms with Crippen molar-refractivity contribution >= 4 is 34.0 Å². The number of hydrogen-bond donors (Lipinski definition) is 1. The molecule has 1 aliphatic heterocycles. The number of pyridine rings is 2. The molecule has 6 heteroatoms. The molecule has 4 rings (SSSR count). The largest absolute Gasteiger partial charge is 0.382 e. The lowest BCUT2D eigenvalue weighted by atomic mass is 10.0. The van der Waals surface area contributed by atoms with E-state index in [0.29, 0.717) is 16.6 Å². The van der Waals surface area contributed by atoms with E-state index in [0.717, 1.165) is 48.3 Å². The van der Waals surface area contributed by atoms with E-state index < -0.39 is 0 Å². The highest BCUT2D eigenvalue weighted by Crippen LogP contribution is 2.27. The van der Waals surface area contributed by atoms with Crippen LogP contribution >= 0.6 is 11.6 Å². The second kappa shape index (κ2) is 7.19. The molecule has 0 unspecified atom stereocenters. The van der Waals surface area contributed by atoms with Gasteiger partial charge in [0.15, 0.2) is 0 Å². The zero-order valence-electron chi connectivity index (χ0n) is 14.2. The third-order valence-electron chi connectivity index (χ3n) is 4.76. The second-order valence-electron chi connectivity index (χ2n) is 6.44. The monoisotopic (exact) mass is 363 g/mol. The first kappa shape index (κ1) is 16.6. The number of nitriles is 1. The molecule has 3 aromatic rings. The van der Waals surface area contributed by atoms with Crippen molar-refractivity contribution in [1.82, 2.24) is 9.97 Å². The molecule has 1 aromatic carbocycles. The van der Waals surface area contributed by atoms with Crippen LogP contribution in [0.3, 0.4) is 0 Å². The Morgan fingerprint density at radius 3 is 2.69 bits per heavy atom. The summed E-state index contributed by atoms with van der Waals surface area (Å²) in [5, 5.41) is 14.3. The van der Waals surface area contributed by atoms with Gasteiger partial charge in [-0.25, -0.2) is 4.98 Å². The highest BCUT2D eigenvalue weighted by molar-refractivity contribution is 6.31. The minimum atomic E-state index is 0.408. The van der Waals surface area contributed by atoms with Crippen molar-refractivity contribution in [1.29, 1.82) is 5.26 Å². The molecule has 0 spiro atoms. The molecule has 1 N–H and O–H groups in total. The molecule has 130 valence electrons. The fourth-order valence-corrected chi connectivity index (χ4v) is 3.53. The van der Waals surface area contributed by atoms with Crippen LogP contribution in [0.4, 0.5) is 11.5 Å². The van der Waals surface area contributed by atoms with E-state index >= 15 is 0 Å². The molecule has 0 aliphatic carbocycles. The molecule has 2 aromatic heterocycles. The van der Waals surface area contributed by atoms with Crippen LogP contribution in [0.2, 0.25) is 5.02 Å². The van der Waals surface area contributed by atoms with Crippen LogP contribution in [0.5, 0.6) is 0 Å². The zero-order chi connectivity index (χ0) is 17.9. The Bertz CT molecular complexity index is 956. The van der Waals surface area contributed by atoms with Gasteiger partial charge in [0.05, 0.1) is 11.1 Å². The molecule has 1 aliphatic rings. The maximum Gasteiger partial charge on any atom is 0.128 e. The summed E-state index contributed by atoms with van der Waals surface area (Å²) in [5.41, 5.74) is 2.60. The highest BCUT2D eigenvalue weighted by atomic mass is 35.5. The van der Waals surface area contributed by atoms with Gasteiger partial charge in [-0.15, -0.1) is 0 Å². The molecule has 5 nitrogen and oxygen atoms in total. The third-order valence-corrected chi connectivity index (χ3v) is 5.00. The van der Waals surface area contributed by atoms with Gasteiger partial charge < -0.3 is 10.2 Å². The number of halogens is 1. The smallest absolute Gasteiger partial charge is 0.128 e. The lowest BCUT2D eigenvalue weighted by Gasteiger charge is -2.33. The number of aromatic nitrogens is 2. The van der Waals surface area contributed by atoms with E-state index in [1.54, 1.807) is 6.20 Å². The minimum absolute atomic E-state index is 0.408. The zero-order valence-corrected chi connectivity index (χ0v) is 14.9. The first-order chi connectivity index (χ1) is 12.7. The first-order valence-electron chi connectivity index (χ1n) is 8.65. The average Bonchev–Trinajstić information content (AvgIpc) is 2.69. The van der Waals surface area contributed by atoms with E-state index in [1.165, 1.54) is 0 Å². The van der Waals surface area contributed by atoms with Crippen molar-refractivity contribution in [2.24, 2.45) is 0 Å². The number of nitrogens with zero attached hydrogens (tertiary/aromatic N) is 4. The Morgan fingerprint density at radius 2 is 1.96 bits per heavy atom. The Kier molecular flexibility index (Phi) is 4.59. The van der Waals surface area contributed by atoms with Gasteiger partial charge in [-0.3, -0.25) is 4.98 Å². The first-order valence-corrected chi connectivity index (χ1v) is 9.02. The molecular weight excluding hydrogens is 346 g/mol. The van der Waals surface area contributed by atoms with Gasteiger partial charge >= 0.3 is 0 Å². The van der Waals surface area contributed by atoms with Crippen LogP contribution in [0.1, 0.15) is 18.4 Å². The van der Waals surface area contributed by atoms with Crippen LogP contribution < -0.4 is 10.2 Å². The van der Waals surface area contributed by atoms with Crippen molar-refractivity contribution in [2.75, 3.05) is 23.3 Å². The van der Waals surface area contributed by atoms with Crippen LogP contribution in [-0.4, -0.2) is 29.1 Å². The molecule has 26 heavy (non-hydrogen) atoms. The summed E-state index contributed by atoms with van der Waals surface area (Å²) in [4.78, 5) is 11.1. The molecule has 1 fully saturated rings. The SMILES string of the molecule is N#Cc1ccc(N2CCC(Nc3ccnc4cc(Cl)ccc34)CC2)nc1. The highest BCUT2D eigenvalue weighted by Gasteiger charge is 2.20. The standard InChI is InChI=1S/C20H18ClN5/c21-15-2-3-17-18(5-8-23-19(17)11-15)25-16-6-9-26(10-7-16)20-4-1-14(12-22)13-24-20/h1-5,8,11,13,16H,6-7,9-10H2,(H,23,25). The van der Waals surface area contributed by atoms with Crippen LogP contribution in [0.25, 0.3) is 10.9 Å². The van der Waals surface area contributed by atoms with E-state index in [9.17, 15) is 0 Å². The van der Waals surface area contributed by atoms with E-state index in [-0.39, 0.29) is 0 Å². The van der Waals surface area contributed by atoms with Gasteiger partial charge in [-0.2, -0.15) is 5.26 Å². The van der Waals surface area contributed by atoms with Crippen LogP contribution in [-0.2, 0) is 0 Å². The fraction of sp³-hybridized carbons (Fsp3) is 0.250. The number of fused-ring (bicyclic) bond motifs is 1. The van der Waals surface area contributed by atoms with Crippen LogP contribution in [0.15, 0.2) is 48.8 Å². The third kappa shape index (κ3) is 3.42. The summed E-state index contributed by atoms with van der Waals surface area (Å²) in [6.45, 7) is 1.87. The quantitative estimate of drug-likeness (QED) is 0.754. The van der Waals surface area contributed by atoms with E-state index in [4.69, 9.17) is 16.9 Å². The van der Waals surface area contributed by atoms with E-state index in [2.05, 4.69) is 26.3 Å². The van der Waals surface area contributed by atoms with Crippen molar-refractivity contribution in [3.8, 4) is 6.07 Å². The number of hydrogen-bond acceptors (Lipinski definition) is 5. The average molecular weight is 364 g/mol. The summed E-state index contributed by atoms with van der Waals surface area (Å²) < 4.78 is 0. The van der Waals surface area contributed by atoms with Crippen molar-refractivity contribution in [3.63, 3.8) is 0 Å². The van der Waals surface area contributed by atoms with Gasteiger partial charge in [0.2, 0.25) is 0 Å². The molecule has 0 atom stereocenters. The Balaban J connectivity index is 1.43.